The molecule has 2 N–H and O–H groups in total. The SMILES string of the molecule is C=CCC[C@@H](c1ccc[nH]1)N1CCNCC1.Cl.Cl. The van der Waals surface area contributed by atoms with E-state index >= 15 is 0 Å². The third-order valence-electron chi connectivity index (χ3n) is 3.22. The molecule has 1 aromatic heterocycles. The number of rotatable bonds is 5. The highest BCUT2D eigenvalue weighted by molar-refractivity contribution is 5.85. The zero-order valence-corrected chi connectivity index (χ0v) is 12.2. The van der Waals surface area contributed by atoms with Crippen molar-refractivity contribution in [2.75, 3.05) is 26.2 Å². The highest BCUT2D eigenvalue weighted by Crippen LogP contribution is 2.24. The standard InChI is InChI=1S/C13H21N3.2ClH/c1-2-3-6-13(12-5-4-7-15-12)16-10-8-14-9-11-16;;/h2,4-5,7,13-15H,1,3,6,8-11H2;2*1H/t13-;;/m0../s1. The maximum atomic E-state index is 3.82. The Balaban J connectivity index is 0.00000144. The highest BCUT2D eigenvalue weighted by atomic mass is 35.5. The van der Waals surface area contributed by atoms with Crippen LogP contribution in [0.1, 0.15) is 24.6 Å². The van der Waals surface area contributed by atoms with Gasteiger partial charge in [0.25, 0.3) is 0 Å². The van der Waals surface area contributed by atoms with Crippen molar-refractivity contribution in [3.8, 4) is 0 Å². The number of aromatic nitrogens is 1. The Labute approximate surface area is 122 Å². The van der Waals surface area contributed by atoms with Gasteiger partial charge in [0.15, 0.2) is 0 Å². The van der Waals surface area contributed by atoms with E-state index in [4.69, 9.17) is 0 Å². The Bertz CT molecular complexity index is 308. The number of allylic oxidation sites excluding steroid dienone is 1. The monoisotopic (exact) mass is 291 g/mol. The lowest BCUT2D eigenvalue weighted by Gasteiger charge is -2.34. The van der Waals surface area contributed by atoms with Crippen LogP contribution in [0.5, 0.6) is 0 Å². The van der Waals surface area contributed by atoms with Gasteiger partial charge in [-0.25, -0.2) is 0 Å². The van der Waals surface area contributed by atoms with Crippen LogP contribution < -0.4 is 5.32 Å². The number of nitrogens with one attached hydrogen (secondary N) is 2. The van der Waals surface area contributed by atoms with E-state index in [9.17, 15) is 0 Å². The second-order valence-corrected chi connectivity index (χ2v) is 4.29. The smallest absolute Gasteiger partial charge is 0.0502 e. The summed E-state index contributed by atoms with van der Waals surface area (Å²) in [5, 5.41) is 3.40. The second kappa shape index (κ2) is 9.45. The van der Waals surface area contributed by atoms with Gasteiger partial charge in [0.2, 0.25) is 0 Å². The lowest BCUT2D eigenvalue weighted by molar-refractivity contribution is 0.163. The summed E-state index contributed by atoms with van der Waals surface area (Å²) < 4.78 is 0. The fraction of sp³-hybridized carbons (Fsp3) is 0.538. The van der Waals surface area contributed by atoms with E-state index in [1.165, 1.54) is 5.69 Å². The fourth-order valence-corrected chi connectivity index (χ4v) is 2.36. The van der Waals surface area contributed by atoms with Crippen molar-refractivity contribution in [2.45, 2.75) is 18.9 Å². The lowest BCUT2D eigenvalue weighted by atomic mass is 10.1. The molecule has 1 aromatic rings. The average molecular weight is 292 g/mol. The van der Waals surface area contributed by atoms with Crippen LogP contribution >= 0.6 is 24.8 Å². The Morgan fingerprint density at radius 2 is 2.06 bits per heavy atom. The van der Waals surface area contributed by atoms with E-state index in [1.54, 1.807) is 0 Å². The van der Waals surface area contributed by atoms with Gasteiger partial charge in [0.05, 0.1) is 6.04 Å². The molecule has 0 aromatic carbocycles. The van der Waals surface area contributed by atoms with Crippen molar-refractivity contribution in [1.82, 2.24) is 15.2 Å². The van der Waals surface area contributed by atoms with Crippen molar-refractivity contribution < 1.29 is 0 Å². The van der Waals surface area contributed by atoms with Crippen LogP contribution in [-0.4, -0.2) is 36.1 Å². The molecule has 5 heteroatoms. The molecule has 0 spiro atoms. The number of piperazine rings is 1. The van der Waals surface area contributed by atoms with Crippen molar-refractivity contribution >= 4 is 24.8 Å². The Hall–Kier alpha value is -0.480. The molecule has 18 heavy (non-hydrogen) atoms. The Morgan fingerprint density at radius 3 is 2.61 bits per heavy atom. The van der Waals surface area contributed by atoms with E-state index in [0.29, 0.717) is 6.04 Å². The average Bonchev–Trinajstić information content (AvgIpc) is 2.85. The minimum Gasteiger partial charge on any atom is -0.364 e. The number of aromatic amines is 1. The summed E-state index contributed by atoms with van der Waals surface area (Å²) in [5.74, 6) is 0. The van der Waals surface area contributed by atoms with Gasteiger partial charge in [-0.05, 0) is 25.0 Å². The zero-order valence-electron chi connectivity index (χ0n) is 10.6. The van der Waals surface area contributed by atoms with Crippen LogP contribution in [0.15, 0.2) is 31.0 Å². The molecule has 104 valence electrons. The quantitative estimate of drug-likeness (QED) is 0.818. The van der Waals surface area contributed by atoms with Gasteiger partial charge in [-0.1, -0.05) is 6.08 Å². The number of hydrogen-bond acceptors (Lipinski definition) is 2. The molecule has 0 saturated carbocycles. The van der Waals surface area contributed by atoms with Gasteiger partial charge in [-0.15, -0.1) is 31.4 Å². The van der Waals surface area contributed by atoms with Crippen molar-refractivity contribution in [3.05, 3.63) is 36.7 Å². The maximum Gasteiger partial charge on any atom is 0.0502 e. The molecule has 0 radical (unpaired) electrons. The predicted molar refractivity (Wildman–Crippen MR) is 81.9 cm³/mol. The molecule has 1 aliphatic heterocycles. The van der Waals surface area contributed by atoms with E-state index < -0.39 is 0 Å². The van der Waals surface area contributed by atoms with E-state index in [0.717, 1.165) is 39.0 Å². The maximum absolute atomic E-state index is 3.82. The number of nitrogens with zero attached hydrogens (tertiary/aromatic N) is 1. The first-order valence-corrected chi connectivity index (χ1v) is 6.11. The molecule has 1 atom stereocenters. The van der Waals surface area contributed by atoms with Gasteiger partial charge < -0.3 is 10.3 Å². The first kappa shape index (κ1) is 17.5. The summed E-state index contributed by atoms with van der Waals surface area (Å²) in [6, 6.07) is 4.80. The number of H-pyrrole nitrogens is 1. The van der Waals surface area contributed by atoms with Crippen molar-refractivity contribution in [2.24, 2.45) is 0 Å². The van der Waals surface area contributed by atoms with Crippen LogP contribution in [0.2, 0.25) is 0 Å². The minimum absolute atomic E-state index is 0. The molecule has 1 aliphatic rings. The zero-order chi connectivity index (χ0) is 11.2. The van der Waals surface area contributed by atoms with Crippen LogP contribution in [0.3, 0.4) is 0 Å². The summed E-state index contributed by atoms with van der Waals surface area (Å²) in [4.78, 5) is 5.91. The van der Waals surface area contributed by atoms with Crippen molar-refractivity contribution in [1.29, 1.82) is 0 Å². The van der Waals surface area contributed by atoms with Gasteiger partial charge >= 0.3 is 0 Å². The van der Waals surface area contributed by atoms with Gasteiger partial charge in [-0.3, -0.25) is 4.90 Å². The third kappa shape index (κ3) is 4.65. The molecule has 1 saturated heterocycles. The molecule has 0 amide bonds. The molecule has 0 aliphatic carbocycles. The van der Waals surface area contributed by atoms with Crippen molar-refractivity contribution in [3.63, 3.8) is 0 Å². The first-order chi connectivity index (χ1) is 7.92. The highest BCUT2D eigenvalue weighted by Gasteiger charge is 2.21. The molecule has 3 nitrogen and oxygen atoms in total. The summed E-state index contributed by atoms with van der Waals surface area (Å²) >= 11 is 0. The molecule has 0 bridgehead atoms. The molecular formula is C13H23Cl2N3. The number of hydrogen-bond donors (Lipinski definition) is 2. The third-order valence-corrected chi connectivity index (χ3v) is 3.22. The fourth-order valence-electron chi connectivity index (χ4n) is 2.36. The normalized spacial score (nSPS) is 17.3. The van der Waals surface area contributed by atoms with E-state index in [2.05, 4.69) is 33.9 Å². The van der Waals surface area contributed by atoms with Gasteiger partial charge in [0.1, 0.15) is 0 Å². The van der Waals surface area contributed by atoms with E-state index in [1.807, 2.05) is 12.3 Å². The largest absolute Gasteiger partial charge is 0.364 e. The van der Waals surface area contributed by atoms with Crippen LogP contribution in [-0.2, 0) is 0 Å². The molecule has 2 rings (SSSR count). The topological polar surface area (TPSA) is 31.1 Å². The molecular weight excluding hydrogens is 269 g/mol. The molecule has 0 unspecified atom stereocenters. The molecule has 2 heterocycles. The van der Waals surface area contributed by atoms with Crippen LogP contribution in [0.4, 0.5) is 0 Å². The lowest BCUT2D eigenvalue weighted by Crippen LogP contribution is -2.45. The Morgan fingerprint density at radius 1 is 1.33 bits per heavy atom. The van der Waals surface area contributed by atoms with E-state index in [-0.39, 0.29) is 24.8 Å². The Kier molecular flexibility index (Phi) is 9.20. The summed E-state index contributed by atoms with van der Waals surface area (Å²) in [5.41, 5.74) is 1.34. The minimum atomic E-state index is 0. The summed E-state index contributed by atoms with van der Waals surface area (Å²) in [6.07, 6.45) is 6.26. The second-order valence-electron chi connectivity index (χ2n) is 4.29. The molecule has 1 fully saturated rings. The summed E-state index contributed by atoms with van der Waals surface area (Å²) in [6.45, 7) is 8.30. The van der Waals surface area contributed by atoms with Crippen LogP contribution in [0, 0.1) is 0 Å². The van der Waals surface area contributed by atoms with Gasteiger partial charge in [-0.2, -0.15) is 0 Å². The van der Waals surface area contributed by atoms with Crippen LogP contribution in [0.25, 0.3) is 0 Å². The summed E-state index contributed by atoms with van der Waals surface area (Å²) in [7, 11) is 0. The number of halogens is 2. The predicted octanol–water partition coefficient (Wildman–Crippen LogP) is 2.77. The first-order valence-electron chi connectivity index (χ1n) is 6.11. The van der Waals surface area contributed by atoms with Gasteiger partial charge in [0, 0.05) is 38.1 Å².